The highest BCUT2D eigenvalue weighted by Crippen LogP contribution is 2.39. The van der Waals surface area contributed by atoms with Gasteiger partial charge in [0.05, 0.1) is 33.8 Å². The third-order valence-electron chi connectivity index (χ3n) is 11.0. The number of fused-ring (bicyclic) bond motifs is 6. The van der Waals surface area contributed by atoms with Gasteiger partial charge in [0.2, 0.25) is 0 Å². The monoisotopic (exact) mass is 738 g/mol. The molecule has 0 bridgehead atoms. The maximum atomic E-state index is 5.38. The minimum Gasteiger partial charge on any atom is -0.248 e. The van der Waals surface area contributed by atoms with Crippen LogP contribution in [0.2, 0.25) is 0 Å². The molecule has 0 spiro atoms. The Bertz CT molecular complexity index is 3330. The molecule has 270 valence electrons. The number of aromatic nitrogens is 4. The summed E-state index contributed by atoms with van der Waals surface area (Å²) in [6.07, 6.45) is 0. The Hall–Kier alpha value is -7.82. The van der Waals surface area contributed by atoms with E-state index in [0.29, 0.717) is 5.82 Å². The first-order valence-electron chi connectivity index (χ1n) is 19.5. The molecule has 0 radical (unpaired) electrons. The van der Waals surface area contributed by atoms with Gasteiger partial charge in [-0.2, -0.15) is 0 Å². The van der Waals surface area contributed by atoms with Crippen LogP contribution >= 0.6 is 0 Å². The smallest absolute Gasteiger partial charge is 0.160 e. The molecule has 3 aromatic heterocycles. The van der Waals surface area contributed by atoms with Crippen molar-refractivity contribution in [3.05, 3.63) is 206 Å². The second-order valence-corrected chi connectivity index (χ2v) is 14.6. The zero-order chi connectivity index (χ0) is 38.4. The fourth-order valence-electron chi connectivity index (χ4n) is 8.13. The molecule has 0 aliphatic rings. The molecule has 11 rings (SSSR count). The molecule has 58 heavy (non-hydrogen) atoms. The summed E-state index contributed by atoms with van der Waals surface area (Å²) in [5.41, 5.74) is 12.9. The summed E-state index contributed by atoms with van der Waals surface area (Å²) in [6.45, 7) is 0. The van der Waals surface area contributed by atoms with Crippen LogP contribution in [0, 0.1) is 0 Å². The van der Waals surface area contributed by atoms with Gasteiger partial charge in [-0.15, -0.1) is 0 Å². The third-order valence-corrected chi connectivity index (χ3v) is 11.0. The predicted octanol–water partition coefficient (Wildman–Crippen LogP) is 13.9. The molecule has 4 nitrogen and oxygen atoms in total. The van der Waals surface area contributed by atoms with Crippen LogP contribution in [0.4, 0.5) is 0 Å². The normalized spacial score (nSPS) is 11.4. The van der Waals surface area contributed by atoms with E-state index in [-0.39, 0.29) is 0 Å². The van der Waals surface area contributed by atoms with Crippen molar-refractivity contribution in [1.82, 2.24) is 19.9 Å². The molecule has 3 heterocycles. The number of pyridine rings is 2. The molecule has 0 saturated heterocycles. The van der Waals surface area contributed by atoms with Crippen LogP contribution in [0.25, 0.3) is 111 Å². The number of benzene rings is 8. The van der Waals surface area contributed by atoms with Gasteiger partial charge in [0, 0.05) is 44.0 Å². The Morgan fingerprint density at radius 1 is 0.259 bits per heavy atom. The first-order valence-corrected chi connectivity index (χ1v) is 19.5. The maximum Gasteiger partial charge on any atom is 0.160 e. The van der Waals surface area contributed by atoms with Crippen molar-refractivity contribution < 1.29 is 0 Å². The Balaban J connectivity index is 1.10. The van der Waals surface area contributed by atoms with Crippen LogP contribution in [0.5, 0.6) is 0 Å². The van der Waals surface area contributed by atoms with Crippen LogP contribution in [0.15, 0.2) is 206 Å². The largest absolute Gasteiger partial charge is 0.248 e. The van der Waals surface area contributed by atoms with E-state index in [0.717, 1.165) is 88.7 Å². The van der Waals surface area contributed by atoms with Crippen molar-refractivity contribution >= 4 is 43.4 Å². The minimum atomic E-state index is 0.681. The average Bonchev–Trinajstić information content (AvgIpc) is 3.31. The lowest BCUT2D eigenvalue weighted by molar-refractivity contribution is 1.18. The van der Waals surface area contributed by atoms with Crippen molar-refractivity contribution in [3.8, 4) is 67.5 Å². The summed E-state index contributed by atoms with van der Waals surface area (Å²) in [7, 11) is 0. The molecule has 0 N–H and O–H groups in total. The summed E-state index contributed by atoms with van der Waals surface area (Å²) >= 11 is 0. The van der Waals surface area contributed by atoms with E-state index >= 15 is 0 Å². The quantitative estimate of drug-likeness (QED) is 0.159. The fraction of sp³-hybridized carbons (Fsp3) is 0. The lowest BCUT2D eigenvalue weighted by Gasteiger charge is -2.15. The summed E-state index contributed by atoms with van der Waals surface area (Å²) in [4.78, 5) is 21.0. The van der Waals surface area contributed by atoms with Crippen molar-refractivity contribution in [1.29, 1.82) is 0 Å². The van der Waals surface area contributed by atoms with Gasteiger partial charge < -0.3 is 0 Å². The highest BCUT2D eigenvalue weighted by Gasteiger charge is 2.17. The van der Waals surface area contributed by atoms with E-state index in [1.54, 1.807) is 0 Å². The van der Waals surface area contributed by atoms with E-state index in [9.17, 15) is 0 Å². The standard InChI is InChI=1S/C54H34N4/c1-4-13-35(14-5-1)40-21-12-22-41(31-40)50-34-51(58-54(57-50)38-18-8-3-9-19-38)43-25-28-49-46(33-43)44-26-30-48-45(52(44)53(56-49)37-16-6-2-7-17-37)27-29-47(55-48)42-24-23-36-15-10-11-20-39(36)32-42/h1-34H. The Morgan fingerprint density at radius 3 is 1.60 bits per heavy atom. The van der Waals surface area contributed by atoms with Crippen LogP contribution in [0.1, 0.15) is 0 Å². The second-order valence-electron chi connectivity index (χ2n) is 14.6. The SMILES string of the molecule is c1ccc(-c2cccc(-c3cc(-c4ccc5nc(-c6ccccc6)c6c7ccc(-c8ccc9ccccc9c8)nc7ccc6c5c4)nc(-c4ccccc4)n3)c2)cc1. The van der Waals surface area contributed by atoms with Crippen LogP contribution in [0.3, 0.4) is 0 Å². The van der Waals surface area contributed by atoms with Crippen LogP contribution < -0.4 is 0 Å². The minimum absolute atomic E-state index is 0.681. The molecule has 0 atom stereocenters. The van der Waals surface area contributed by atoms with Gasteiger partial charge in [-0.25, -0.2) is 19.9 Å². The zero-order valence-electron chi connectivity index (χ0n) is 31.4. The summed E-state index contributed by atoms with van der Waals surface area (Å²) in [5, 5.41) is 6.73. The summed E-state index contributed by atoms with van der Waals surface area (Å²) in [6, 6.07) is 72.1. The molecule has 8 aromatic carbocycles. The molecule has 0 fully saturated rings. The fourth-order valence-corrected chi connectivity index (χ4v) is 8.13. The summed E-state index contributed by atoms with van der Waals surface area (Å²) < 4.78 is 0. The maximum absolute atomic E-state index is 5.38. The van der Waals surface area contributed by atoms with Gasteiger partial charge in [0.25, 0.3) is 0 Å². The Kier molecular flexibility index (Phi) is 8.11. The Morgan fingerprint density at radius 2 is 0.828 bits per heavy atom. The van der Waals surface area contributed by atoms with Gasteiger partial charge >= 0.3 is 0 Å². The lowest BCUT2D eigenvalue weighted by atomic mass is 9.94. The lowest BCUT2D eigenvalue weighted by Crippen LogP contribution is -1.97. The number of hydrogen-bond donors (Lipinski definition) is 0. The highest BCUT2D eigenvalue weighted by molar-refractivity contribution is 6.21. The van der Waals surface area contributed by atoms with Gasteiger partial charge in [0.15, 0.2) is 5.82 Å². The molecule has 4 heteroatoms. The van der Waals surface area contributed by atoms with Gasteiger partial charge in [0.1, 0.15) is 0 Å². The number of nitrogens with zero attached hydrogens (tertiary/aromatic N) is 4. The van der Waals surface area contributed by atoms with Gasteiger partial charge in [-0.1, -0.05) is 158 Å². The predicted molar refractivity (Wildman–Crippen MR) is 240 cm³/mol. The van der Waals surface area contributed by atoms with E-state index < -0.39 is 0 Å². The first kappa shape index (κ1) is 33.5. The van der Waals surface area contributed by atoms with Crippen molar-refractivity contribution in [3.63, 3.8) is 0 Å². The van der Waals surface area contributed by atoms with E-state index in [2.05, 4.69) is 176 Å². The highest BCUT2D eigenvalue weighted by atomic mass is 14.9. The van der Waals surface area contributed by atoms with Crippen molar-refractivity contribution in [2.75, 3.05) is 0 Å². The van der Waals surface area contributed by atoms with Crippen LogP contribution in [-0.4, -0.2) is 19.9 Å². The molecule has 0 saturated carbocycles. The van der Waals surface area contributed by atoms with Gasteiger partial charge in [-0.3, -0.25) is 0 Å². The molecule has 11 aromatic rings. The Labute approximate surface area is 335 Å². The van der Waals surface area contributed by atoms with E-state index in [4.69, 9.17) is 19.9 Å². The zero-order valence-corrected chi connectivity index (χ0v) is 31.4. The third kappa shape index (κ3) is 6.05. The molecular formula is C54H34N4. The molecule has 0 amide bonds. The van der Waals surface area contributed by atoms with E-state index in [1.807, 2.05) is 30.3 Å². The first-order chi connectivity index (χ1) is 28.7. The molecule has 0 aliphatic carbocycles. The summed E-state index contributed by atoms with van der Waals surface area (Å²) in [5.74, 6) is 0.681. The molecule has 0 unspecified atom stereocenters. The number of rotatable bonds is 6. The second kappa shape index (κ2) is 14.0. The van der Waals surface area contributed by atoms with Crippen molar-refractivity contribution in [2.45, 2.75) is 0 Å². The van der Waals surface area contributed by atoms with Crippen LogP contribution in [-0.2, 0) is 0 Å². The topological polar surface area (TPSA) is 51.6 Å². The van der Waals surface area contributed by atoms with E-state index in [1.165, 1.54) is 16.3 Å². The molecular weight excluding hydrogens is 705 g/mol. The average molecular weight is 739 g/mol. The molecule has 0 aliphatic heterocycles. The van der Waals surface area contributed by atoms with Gasteiger partial charge in [-0.05, 0) is 75.8 Å². The van der Waals surface area contributed by atoms with Crippen molar-refractivity contribution in [2.24, 2.45) is 0 Å². The number of hydrogen-bond acceptors (Lipinski definition) is 4.